The Morgan fingerprint density at radius 2 is 2.14 bits per heavy atom. The van der Waals surface area contributed by atoms with Gasteiger partial charge in [-0.15, -0.1) is 0 Å². The fourth-order valence-electron chi connectivity index (χ4n) is 2.01. The first-order chi connectivity index (χ1) is 6.59. The second-order valence-electron chi connectivity index (χ2n) is 3.87. The molecule has 0 bridgehead atoms. The van der Waals surface area contributed by atoms with Crippen LogP contribution >= 0.6 is 0 Å². The molecule has 0 saturated carbocycles. The summed E-state index contributed by atoms with van der Waals surface area (Å²) in [6.07, 6.45) is 0.583. The predicted molar refractivity (Wildman–Crippen MR) is 55.9 cm³/mol. The molecule has 0 N–H and O–H groups in total. The van der Waals surface area contributed by atoms with Crippen molar-refractivity contribution < 1.29 is 4.79 Å². The minimum atomic E-state index is 0.171. The molecule has 1 aliphatic heterocycles. The molecule has 0 radical (unpaired) electrons. The summed E-state index contributed by atoms with van der Waals surface area (Å²) in [5.74, 6) is 0.171. The van der Waals surface area contributed by atoms with Crippen LogP contribution in [-0.4, -0.2) is 24.4 Å². The lowest BCUT2D eigenvalue weighted by molar-refractivity contribution is 0.0975. The topological polar surface area (TPSA) is 33.2 Å². The molecule has 1 aromatic heterocycles. The number of ketones is 1. The number of fused-ring (bicyclic) bond motifs is 1. The average molecular weight is 190 g/mol. The van der Waals surface area contributed by atoms with Crippen LogP contribution in [0.15, 0.2) is 6.07 Å². The second-order valence-corrected chi connectivity index (χ2v) is 3.87. The zero-order chi connectivity index (χ0) is 10.3. The van der Waals surface area contributed by atoms with Gasteiger partial charge in [0.2, 0.25) is 0 Å². The van der Waals surface area contributed by atoms with Crippen LogP contribution in [0.4, 0.5) is 5.69 Å². The largest absolute Gasteiger partial charge is 0.372 e. The summed E-state index contributed by atoms with van der Waals surface area (Å²) in [5, 5.41) is 0. The maximum atomic E-state index is 11.6. The molecule has 74 valence electrons. The van der Waals surface area contributed by atoms with Gasteiger partial charge < -0.3 is 4.90 Å². The number of pyridine rings is 1. The maximum absolute atomic E-state index is 11.6. The van der Waals surface area contributed by atoms with Crippen molar-refractivity contribution in [1.82, 2.24) is 4.98 Å². The average Bonchev–Trinajstić information content (AvgIpc) is 2.10. The van der Waals surface area contributed by atoms with E-state index in [0.29, 0.717) is 12.1 Å². The Hall–Kier alpha value is -1.38. The summed E-state index contributed by atoms with van der Waals surface area (Å²) in [7, 11) is 2.01. The molecule has 1 aromatic rings. The number of aromatic nitrogens is 1. The molecule has 0 fully saturated rings. The molecule has 1 aliphatic rings. The molecule has 0 spiro atoms. The Morgan fingerprint density at radius 3 is 2.86 bits per heavy atom. The molecular weight excluding hydrogens is 176 g/mol. The molecule has 0 unspecified atom stereocenters. The van der Waals surface area contributed by atoms with Crippen molar-refractivity contribution in [3.8, 4) is 0 Å². The molecule has 14 heavy (non-hydrogen) atoms. The zero-order valence-corrected chi connectivity index (χ0v) is 8.79. The van der Waals surface area contributed by atoms with Crippen LogP contribution in [0.2, 0.25) is 0 Å². The van der Waals surface area contributed by atoms with E-state index in [0.717, 1.165) is 23.5 Å². The lowest BCUT2D eigenvalue weighted by Crippen LogP contribution is -2.30. The van der Waals surface area contributed by atoms with Crippen LogP contribution < -0.4 is 4.90 Å². The van der Waals surface area contributed by atoms with Crippen molar-refractivity contribution in [3.63, 3.8) is 0 Å². The SMILES string of the molecule is Cc1cc(C)c2c(n1)C(=O)CCN2C. The van der Waals surface area contributed by atoms with Gasteiger partial charge in [-0.1, -0.05) is 0 Å². The first-order valence-electron chi connectivity index (χ1n) is 4.82. The Bertz CT molecular complexity index is 399. The number of hydrogen-bond acceptors (Lipinski definition) is 3. The molecule has 2 heterocycles. The Labute approximate surface area is 83.8 Å². The van der Waals surface area contributed by atoms with E-state index in [9.17, 15) is 4.79 Å². The van der Waals surface area contributed by atoms with Crippen molar-refractivity contribution >= 4 is 11.5 Å². The van der Waals surface area contributed by atoms with Crippen molar-refractivity contribution in [2.45, 2.75) is 20.3 Å². The van der Waals surface area contributed by atoms with Crippen LogP contribution in [0, 0.1) is 13.8 Å². The van der Waals surface area contributed by atoms with Gasteiger partial charge in [0, 0.05) is 25.7 Å². The molecule has 0 atom stereocenters. The van der Waals surface area contributed by atoms with Crippen molar-refractivity contribution in [2.75, 3.05) is 18.5 Å². The number of hydrogen-bond donors (Lipinski definition) is 0. The summed E-state index contributed by atoms with van der Waals surface area (Å²) in [6.45, 7) is 4.76. The van der Waals surface area contributed by atoms with E-state index in [1.807, 2.05) is 27.0 Å². The van der Waals surface area contributed by atoms with E-state index < -0.39 is 0 Å². The normalized spacial score (nSPS) is 15.6. The van der Waals surface area contributed by atoms with Gasteiger partial charge in [0.05, 0.1) is 5.69 Å². The van der Waals surface area contributed by atoms with Crippen molar-refractivity contribution in [3.05, 3.63) is 23.0 Å². The van der Waals surface area contributed by atoms with E-state index in [4.69, 9.17) is 0 Å². The lowest BCUT2D eigenvalue weighted by Gasteiger charge is -2.27. The molecule has 0 amide bonds. The number of rotatable bonds is 0. The predicted octanol–water partition coefficient (Wildman–Crippen LogP) is 1.72. The smallest absolute Gasteiger partial charge is 0.185 e. The van der Waals surface area contributed by atoms with E-state index in [1.165, 1.54) is 0 Å². The highest BCUT2D eigenvalue weighted by Gasteiger charge is 2.23. The summed E-state index contributed by atoms with van der Waals surface area (Å²) in [4.78, 5) is 18.1. The van der Waals surface area contributed by atoms with Gasteiger partial charge in [-0.2, -0.15) is 0 Å². The molecule has 3 heteroatoms. The number of carbonyl (C=O) groups is 1. The Morgan fingerprint density at radius 1 is 1.43 bits per heavy atom. The number of aryl methyl sites for hydroxylation is 2. The Kier molecular flexibility index (Phi) is 2.02. The molecular formula is C11H14N2O. The quantitative estimate of drug-likeness (QED) is 0.624. The molecule has 3 nitrogen and oxygen atoms in total. The van der Waals surface area contributed by atoms with Crippen LogP contribution in [0.25, 0.3) is 0 Å². The van der Waals surface area contributed by atoms with Gasteiger partial charge in [0.15, 0.2) is 5.78 Å². The van der Waals surface area contributed by atoms with E-state index in [-0.39, 0.29) is 5.78 Å². The summed E-state index contributed by atoms with van der Waals surface area (Å²) < 4.78 is 0. The lowest BCUT2D eigenvalue weighted by atomic mass is 10.0. The van der Waals surface area contributed by atoms with Crippen molar-refractivity contribution in [2.24, 2.45) is 0 Å². The fourth-order valence-corrected chi connectivity index (χ4v) is 2.01. The summed E-state index contributed by atoms with van der Waals surface area (Å²) in [6, 6.07) is 2.02. The fraction of sp³-hybridized carbons (Fsp3) is 0.455. The number of nitrogens with zero attached hydrogens (tertiary/aromatic N) is 2. The zero-order valence-electron chi connectivity index (χ0n) is 8.79. The number of carbonyl (C=O) groups excluding carboxylic acids is 1. The second kappa shape index (κ2) is 3.08. The first kappa shape index (κ1) is 9.19. The third-order valence-corrected chi connectivity index (χ3v) is 2.63. The minimum absolute atomic E-state index is 0.171. The van der Waals surface area contributed by atoms with Crippen LogP contribution in [0.5, 0.6) is 0 Å². The van der Waals surface area contributed by atoms with Gasteiger partial charge >= 0.3 is 0 Å². The highest BCUT2D eigenvalue weighted by Crippen LogP contribution is 2.28. The van der Waals surface area contributed by atoms with Crippen LogP contribution in [-0.2, 0) is 0 Å². The molecule has 0 aromatic carbocycles. The van der Waals surface area contributed by atoms with Gasteiger partial charge in [-0.3, -0.25) is 4.79 Å². The standard InChI is InChI=1S/C11H14N2O/c1-7-6-8(2)12-10-9(14)4-5-13(3)11(7)10/h6H,4-5H2,1-3H3. The van der Waals surface area contributed by atoms with Crippen molar-refractivity contribution in [1.29, 1.82) is 0 Å². The van der Waals surface area contributed by atoms with Crippen LogP contribution in [0.3, 0.4) is 0 Å². The van der Waals surface area contributed by atoms with Gasteiger partial charge in [-0.05, 0) is 25.5 Å². The van der Waals surface area contributed by atoms with E-state index in [1.54, 1.807) is 0 Å². The van der Waals surface area contributed by atoms with Gasteiger partial charge in [0.25, 0.3) is 0 Å². The van der Waals surface area contributed by atoms with E-state index >= 15 is 0 Å². The third kappa shape index (κ3) is 1.29. The molecule has 0 saturated heterocycles. The highest BCUT2D eigenvalue weighted by molar-refractivity contribution is 6.02. The number of anilines is 1. The first-order valence-corrected chi connectivity index (χ1v) is 4.82. The third-order valence-electron chi connectivity index (χ3n) is 2.63. The van der Waals surface area contributed by atoms with Gasteiger partial charge in [-0.25, -0.2) is 4.98 Å². The van der Waals surface area contributed by atoms with Gasteiger partial charge in [0.1, 0.15) is 5.69 Å². The number of Topliss-reactive ketones (excluding diaryl/α,β-unsaturated/α-hetero) is 1. The highest BCUT2D eigenvalue weighted by atomic mass is 16.1. The Balaban J connectivity index is 2.66. The summed E-state index contributed by atoms with van der Waals surface area (Å²) in [5.41, 5.74) is 3.72. The maximum Gasteiger partial charge on any atom is 0.185 e. The van der Waals surface area contributed by atoms with Crippen LogP contribution in [0.1, 0.15) is 28.2 Å². The summed E-state index contributed by atoms with van der Waals surface area (Å²) >= 11 is 0. The molecule has 2 rings (SSSR count). The molecule has 0 aliphatic carbocycles. The van der Waals surface area contributed by atoms with E-state index in [2.05, 4.69) is 9.88 Å². The monoisotopic (exact) mass is 190 g/mol. The minimum Gasteiger partial charge on any atom is -0.372 e.